The third kappa shape index (κ3) is 1.83. The lowest BCUT2D eigenvalue weighted by atomic mass is 9.83. The van der Waals surface area contributed by atoms with Crippen molar-refractivity contribution in [3.63, 3.8) is 0 Å². The lowest BCUT2D eigenvalue weighted by Crippen LogP contribution is -2.49. The normalized spacial score (nSPS) is 43.2. The van der Waals surface area contributed by atoms with Gasteiger partial charge in [-0.2, -0.15) is 0 Å². The predicted molar refractivity (Wildman–Crippen MR) is 63.9 cm³/mol. The highest BCUT2D eigenvalue weighted by atomic mass is 16.8. The molecule has 0 saturated carbocycles. The summed E-state index contributed by atoms with van der Waals surface area (Å²) in [4.78, 5) is 0. The van der Waals surface area contributed by atoms with E-state index in [0.29, 0.717) is 12.9 Å². The second kappa shape index (κ2) is 4.77. The number of hydrogen-bond acceptors (Lipinski definition) is 6. The molecule has 0 aliphatic carbocycles. The first-order chi connectivity index (χ1) is 8.72. The van der Waals surface area contributed by atoms with E-state index in [2.05, 4.69) is 0 Å². The first-order valence-electron chi connectivity index (χ1n) is 6.61. The topological polar surface area (TPSA) is 66.4 Å². The Hall–Kier alpha value is -0.110. The standard InChI is InChI=1S/C10H18B2O6/c1-3-11-14-5-7-8(16-11)9-10(6-13,15-7)18-12(4-2)17-9/h7-9,13H,3-6H2,1-2H3/t7-,8+,9-,10-/m0/s1. The van der Waals surface area contributed by atoms with E-state index in [1.54, 1.807) is 0 Å². The Morgan fingerprint density at radius 1 is 1.22 bits per heavy atom. The van der Waals surface area contributed by atoms with Gasteiger partial charge < -0.3 is 28.5 Å². The molecule has 3 heterocycles. The van der Waals surface area contributed by atoms with Crippen LogP contribution < -0.4 is 0 Å². The van der Waals surface area contributed by atoms with E-state index in [1.807, 2.05) is 13.8 Å². The predicted octanol–water partition coefficient (Wildman–Crippen LogP) is -0.0792. The summed E-state index contributed by atoms with van der Waals surface area (Å²) < 4.78 is 28.6. The highest BCUT2D eigenvalue weighted by Gasteiger charge is 2.64. The van der Waals surface area contributed by atoms with Crippen LogP contribution in [0.2, 0.25) is 12.6 Å². The molecular formula is C10H18B2O6. The molecular weight excluding hydrogens is 238 g/mol. The molecule has 0 aromatic carbocycles. The van der Waals surface area contributed by atoms with Crippen LogP contribution in [0.15, 0.2) is 0 Å². The van der Waals surface area contributed by atoms with Gasteiger partial charge in [-0.25, -0.2) is 0 Å². The molecule has 0 bridgehead atoms. The van der Waals surface area contributed by atoms with Crippen LogP contribution in [0.4, 0.5) is 0 Å². The molecule has 0 radical (unpaired) electrons. The molecule has 0 aromatic heterocycles. The van der Waals surface area contributed by atoms with Crippen LogP contribution in [0.5, 0.6) is 0 Å². The van der Waals surface area contributed by atoms with Gasteiger partial charge in [0.1, 0.15) is 18.3 Å². The summed E-state index contributed by atoms with van der Waals surface area (Å²) in [6, 6.07) is 0. The Morgan fingerprint density at radius 2 is 2.00 bits per heavy atom. The molecule has 3 aliphatic rings. The summed E-state index contributed by atoms with van der Waals surface area (Å²) >= 11 is 0. The van der Waals surface area contributed by atoms with Gasteiger partial charge >= 0.3 is 14.2 Å². The van der Waals surface area contributed by atoms with E-state index < -0.39 is 5.79 Å². The molecule has 6 nitrogen and oxygen atoms in total. The third-order valence-corrected chi connectivity index (χ3v) is 3.72. The first-order valence-corrected chi connectivity index (χ1v) is 6.61. The van der Waals surface area contributed by atoms with Crippen molar-refractivity contribution in [3.05, 3.63) is 0 Å². The van der Waals surface area contributed by atoms with Crippen LogP contribution in [0.1, 0.15) is 13.8 Å². The summed E-state index contributed by atoms with van der Waals surface area (Å²) in [6.07, 6.45) is 0.651. The highest BCUT2D eigenvalue weighted by molar-refractivity contribution is 6.45. The fourth-order valence-corrected chi connectivity index (χ4v) is 2.79. The molecule has 8 heteroatoms. The van der Waals surface area contributed by atoms with Crippen molar-refractivity contribution in [1.29, 1.82) is 0 Å². The molecule has 0 aromatic rings. The second-order valence-electron chi connectivity index (χ2n) is 4.91. The number of aliphatic hydroxyl groups excluding tert-OH is 1. The molecule has 3 fully saturated rings. The average molecular weight is 256 g/mol. The smallest absolute Gasteiger partial charge is 0.408 e. The molecule has 0 unspecified atom stereocenters. The SMILES string of the molecule is CCB1OC[C@@H]2O[C@@]3(CO)OB(CC)O[C@H]3[C@@H]2O1. The van der Waals surface area contributed by atoms with Gasteiger partial charge in [-0.1, -0.05) is 13.8 Å². The van der Waals surface area contributed by atoms with Gasteiger partial charge in [-0.15, -0.1) is 0 Å². The first kappa shape index (κ1) is 12.9. The number of aliphatic hydroxyl groups is 1. The Bertz CT molecular complexity index is 319. The fourth-order valence-electron chi connectivity index (χ4n) is 2.79. The zero-order valence-electron chi connectivity index (χ0n) is 10.7. The third-order valence-electron chi connectivity index (χ3n) is 3.72. The lowest BCUT2D eigenvalue weighted by molar-refractivity contribution is -0.203. The van der Waals surface area contributed by atoms with Crippen LogP contribution in [-0.2, 0) is 23.4 Å². The fraction of sp³-hybridized carbons (Fsp3) is 1.00. The van der Waals surface area contributed by atoms with Crippen molar-refractivity contribution in [2.75, 3.05) is 13.2 Å². The van der Waals surface area contributed by atoms with Gasteiger partial charge in [0.2, 0.25) is 5.79 Å². The van der Waals surface area contributed by atoms with E-state index in [4.69, 9.17) is 23.4 Å². The Morgan fingerprint density at radius 3 is 2.67 bits per heavy atom. The van der Waals surface area contributed by atoms with E-state index in [-0.39, 0.29) is 39.2 Å². The maximum absolute atomic E-state index is 9.58. The minimum Gasteiger partial charge on any atom is -0.408 e. The monoisotopic (exact) mass is 256 g/mol. The average Bonchev–Trinajstić information content (AvgIpc) is 2.91. The number of rotatable bonds is 3. The van der Waals surface area contributed by atoms with Crippen molar-refractivity contribution in [3.8, 4) is 0 Å². The van der Waals surface area contributed by atoms with Crippen LogP contribution in [0.3, 0.4) is 0 Å². The minimum absolute atomic E-state index is 0.228. The molecule has 3 saturated heterocycles. The minimum atomic E-state index is -1.08. The Balaban J connectivity index is 1.79. The van der Waals surface area contributed by atoms with Crippen LogP contribution in [-0.4, -0.2) is 56.7 Å². The lowest BCUT2D eigenvalue weighted by Gasteiger charge is -2.31. The van der Waals surface area contributed by atoms with Gasteiger partial charge in [0, 0.05) is 0 Å². The quantitative estimate of drug-likeness (QED) is 0.712. The molecule has 100 valence electrons. The maximum Gasteiger partial charge on any atom is 0.459 e. The molecule has 0 spiro atoms. The molecule has 18 heavy (non-hydrogen) atoms. The van der Waals surface area contributed by atoms with E-state index in [0.717, 1.165) is 6.32 Å². The summed E-state index contributed by atoms with van der Waals surface area (Å²) in [5.74, 6) is -1.08. The van der Waals surface area contributed by atoms with Crippen LogP contribution >= 0.6 is 0 Å². The van der Waals surface area contributed by atoms with Crippen molar-refractivity contribution in [2.24, 2.45) is 0 Å². The van der Waals surface area contributed by atoms with E-state index >= 15 is 0 Å². The van der Waals surface area contributed by atoms with Crippen molar-refractivity contribution >= 4 is 14.2 Å². The van der Waals surface area contributed by atoms with Gasteiger partial charge in [-0.3, -0.25) is 0 Å². The van der Waals surface area contributed by atoms with Gasteiger partial charge in [-0.05, 0) is 12.6 Å². The molecule has 3 aliphatic heterocycles. The van der Waals surface area contributed by atoms with Crippen LogP contribution in [0, 0.1) is 0 Å². The van der Waals surface area contributed by atoms with E-state index in [1.165, 1.54) is 0 Å². The zero-order chi connectivity index (χ0) is 12.8. The van der Waals surface area contributed by atoms with Crippen molar-refractivity contribution in [1.82, 2.24) is 0 Å². The number of fused-ring (bicyclic) bond motifs is 3. The molecule has 3 rings (SSSR count). The molecule has 0 amide bonds. The van der Waals surface area contributed by atoms with Crippen molar-refractivity contribution < 1.29 is 28.5 Å². The Kier molecular flexibility index (Phi) is 3.42. The van der Waals surface area contributed by atoms with Crippen LogP contribution in [0.25, 0.3) is 0 Å². The summed E-state index contributed by atoms with van der Waals surface area (Å²) in [7, 11) is -0.566. The van der Waals surface area contributed by atoms with Gasteiger partial charge in [0.05, 0.1) is 13.2 Å². The van der Waals surface area contributed by atoms with Crippen molar-refractivity contribution in [2.45, 2.75) is 50.6 Å². The van der Waals surface area contributed by atoms with Gasteiger partial charge in [0.25, 0.3) is 0 Å². The summed E-state index contributed by atoms with van der Waals surface area (Å²) in [5, 5.41) is 9.58. The number of ether oxygens (including phenoxy) is 1. The van der Waals surface area contributed by atoms with Gasteiger partial charge in [0.15, 0.2) is 0 Å². The highest BCUT2D eigenvalue weighted by Crippen LogP contribution is 2.43. The van der Waals surface area contributed by atoms with E-state index in [9.17, 15) is 5.11 Å². The largest absolute Gasteiger partial charge is 0.459 e. The maximum atomic E-state index is 9.58. The Labute approximate surface area is 107 Å². The number of hydrogen-bond donors (Lipinski definition) is 1. The zero-order valence-corrected chi connectivity index (χ0v) is 10.7. The second-order valence-corrected chi connectivity index (χ2v) is 4.91. The summed E-state index contributed by atoms with van der Waals surface area (Å²) in [5.41, 5.74) is 0. The summed E-state index contributed by atoms with van der Waals surface area (Å²) in [6.45, 7) is 4.18. The molecule has 1 N–H and O–H groups in total. The molecule has 4 atom stereocenters.